The van der Waals surface area contributed by atoms with Crippen molar-refractivity contribution in [2.75, 3.05) is 7.11 Å². The number of hydrogen-bond donors (Lipinski definition) is 4. The first-order valence-corrected chi connectivity index (χ1v) is 17.7. The molecule has 0 bridgehead atoms. The van der Waals surface area contributed by atoms with Crippen LogP contribution in [0.25, 0.3) is 33.9 Å². The normalized spacial score (nSPS) is 10.6. The van der Waals surface area contributed by atoms with E-state index in [9.17, 15) is 23.6 Å². The zero-order valence-electron chi connectivity index (χ0n) is 31.5. The standard InChI is InChI=1S/C22H21FN2O4.C22H19N3O3/c1-13-11-15(22(24)28)3-7-18(13)25-16(6-10-21(26)27)5-8-19(25)14-4-9-20(29-2)17(23)12-14;1-14-12-17(22(24)28)6-9-19(14)25-18(8-11-21(26)27)7-10-20(25)16-4-2-15(13-23)3-5-16/h3-5,7-9,11-12H,6,10H2,1-2H3,(H2,24,28)(H,26,27);2-7,9-10,12H,8,11H2,1H3,(H2,24,28)(H,26,27). The number of ether oxygens (including phenoxy) is 1. The third-order valence-corrected chi connectivity index (χ3v) is 9.32. The van der Waals surface area contributed by atoms with Crippen molar-refractivity contribution in [2.45, 2.75) is 39.5 Å². The van der Waals surface area contributed by atoms with Crippen LogP contribution >= 0.6 is 0 Å². The molecule has 2 heterocycles. The Morgan fingerprint density at radius 1 is 0.667 bits per heavy atom. The van der Waals surface area contributed by atoms with Gasteiger partial charge in [0, 0.05) is 39.5 Å². The second-order valence-electron chi connectivity index (χ2n) is 13.1. The Kier molecular flexibility index (Phi) is 12.7. The fourth-order valence-corrected chi connectivity index (χ4v) is 6.50. The number of carboxylic acid groups (broad SMARTS) is 2. The molecule has 2 amide bonds. The summed E-state index contributed by atoms with van der Waals surface area (Å²) in [7, 11) is 1.40. The molecule has 4 aromatic carbocycles. The zero-order valence-corrected chi connectivity index (χ0v) is 31.5. The summed E-state index contributed by atoms with van der Waals surface area (Å²) < 4.78 is 23.1. The first-order chi connectivity index (χ1) is 27.2. The quantitative estimate of drug-likeness (QED) is 0.0947. The van der Waals surface area contributed by atoms with Crippen molar-refractivity contribution in [3.63, 3.8) is 0 Å². The van der Waals surface area contributed by atoms with Crippen molar-refractivity contribution in [2.24, 2.45) is 11.5 Å². The van der Waals surface area contributed by atoms with Crippen molar-refractivity contribution in [3.8, 4) is 45.7 Å². The number of primary amides is 2. The average Bonchev–Trinajstić information content (AvgIpc) is 3.81. The van der Waals surface area contributed by atoms with E-state index in [4.69, 9.17) is 31.7 Å². The molecule has 290 valence electrons. The van der Waals surface area contributed by atoms with E-state index in [0.29, 0.717) is 40.8 Å². The number of carbonyl (C=O) groups excluding carboxylic acids is 2. The minimum atomic E-state index is -0.907. The number of methoxy groups -OCH3 is 1. The molecule has 0 saturated carbocycles. The maximum Gasteiger partial charge on any atom is 0.303 e. The molecule has 6 aromatic rings. The third-order valence-electron chi connectivity index (χ3n) is 9.32. The highest BCUT2D eigenvalue weighted by molar-refractivity contribution is 5.94. The maximum atomic E-state index is 14.3. The summed E-state index contributed by atoms with van der Waals surface area (Å²) in [5.41, 5.74) is 20.0. The fourth-order valence-electron chi connectivity index (χ4n) is 6.50. The van der Waals surface area contributed by atoms with Crippen LogP contribution in [0.4, 0.5) is 4.39 Å². The van der Waals surface area contributed by atoms with E-state index in [1.54, 1.807) is 54.6 Å². The highest BCUT2D eigenvalue weighted by Crippen LogP contribution is 2.33. The number of nitriles is 1. The molecule has 0 saturated heterocycles. The molecule has 0 atom stereocenters. The topological polar surface area (TPSA) is 204 Å². The van der Waals surface area contributed by atoms with E-state index in [2.05, 4.69) is 6.07 Å². The maximum absolute atomic E-state index is 14.3. The minimum Gasteiger partial charge on any atom is -0.494 e. The predicted molar refractivity (Wildman–Crippen MR) is 212 cm³/mol. The van der Waals surface area contributed by atoms with Gasteiger partial charge in [0.05, 0.1) is 43.0 Å². The summed E-state index contributed by atoms with van der Waals surface area (Å²) in [5.74, 6) is -3.16. The molecule has 0 radical (unpaired) electrons. The largest absolute Gasteiger partial charge is 0.494 e. The van der Waals surface area contributed by atoms with E-state index in [1.165, 1.54) is 13.2 Å². The van der Waals surface area contributed by atoms with E-state index >= 15 is 0 Å². The van der Waals surface area contributed by atoms with E-state index in [0.717, 1.165) is 45.1 Å². The zero-order chi connectivity index (χ0) is 41.4. The van der Waals surface area contributed by atoms with E-state index in [-0.39, 0.29) is 18.6 Å². The van der Waals surface area contributed by atoms with Gasteiger partial charge in [0.2, 0.25) is 11.8 Å². The van der Waals surface area contributed by atoms with Crippen molar-refractivity contribution >= 4 is 23.8 Å². The van der Waals surface area contributed by atoms with Crippen LogP contribution in [0, 0.1) is 31.0 Å². The van der Waals surface area contributed by atoms with Gasteiger partial charge in [-0.05, 0) is 134 Å². The SMILES string of the molecule is COc1ccc(-c2ccc(CCC(=O)O)n2-c2ccc(C(N)=O)cc2C)cc1F.Cc1cc(C(N)=O)ccc1-n1c(CCC(=O)O)ccc1-c1ccc(C#N)cc1. The minimum absolute atomic E-state index is 0.00917. The van der Waals surface area contributed by atoms with Crippen LogP contribution in [0.15, 0.2) is 103 Å². The fraction of sp³-hybridized carbons (Fsp3) is 0.159. The second kappa shape index (κ2) is 17.8. The average molecular weight is 770 g/mol. The second-order valence-corrected chi connectivity index (χ2v) is 13.1. The van der Waals surface area contributed by atoms with Crippen molar-refractivity contribution in [1.29, 1.82) is 5.26 Å². The molecule has 2 aromatic heterocycles. The lowest BCUT2D eigenvalue weighted by atomic mass is 10.1. The smallest absolute Gasteiger partial charge is 0.303 e. The highest BCUT2D eigenvalue weighted by Gasteiger charge is 2.18. The van der Waals surface area contributed by atoms with Crippen LogP contribution in [0.5, 0.6) is 5.75 Å². The van der Waals surface area contributed by atoms with Gasteiger partial charge in [-0.15, -0.1) is 0 Å². The first kappa shape index (κ1) is 40.7. The number of aromatic nitrogens is 2. The number of aryl methyl sites for hydroxylation is 4. The molecule has 0 fully saturated rings. The molecule has 0 aliphatic rings. The van der Waals surface area contributed by atoms with Crippen molar-refractivity contribution in [3.05, 3.63) is 148 Å². The highest BCUT2D eigenvalue weighted by atomic mass is 19.1. The summed E-state index contributed by atoms with van der Waals surface area (Å²) in [5, 5.41) is 27.2. The number of rotatable bonds is 13. The number of nitrogens with zero attached hydrogens (tertiary/aromatic N) is 3. The molecule has 6 N–H and O–H groups in total. The lowest BCUT2D eigenvalue weighted by molar-refractivity contribution is -0.138. The number of halogens is 1. The molecular formula is C44H40FN5O7. The molecule has 57 heavy (non-hydrogen) atoms. The van der Waals surface area contributed by atoms with Gasteiger partial charge >= 0.3 is 11.9 Å². The van der Waals surface area contributed by atoms with Gasteiger partial charge in [-0.3, -0.25) is 19.2 Å². The molecule has 0 aliphatic heterocycles. The van der Waals surface area contributed by atoms with Gasteiger partial charge < -0.3 is 35.6 Å². The van der Waals surface area contributed by atoms with Crippen molar-refractivity contribution < 1.29 is 38.5 Å². The van der Waals surface area contributed by atoms with Gasteiger partial charge in [0.15, 0.2) is 11.6 Å². The Hall–Kier alpha value is -7.46. The summed E-state index contributed by atoms with van der Waals surface area (Å²) in [6.07, 6.45) is 0.627. The molecule has 0 aliphatic carbocycles. The van der Waals surface area contributed by atoms with Crippen molar-refractivity contribution in [1.82, 2.24) is 9.13 Å². The van der Waals surface area contributed by atoms with Crippen LogP contribution in [0.2, 0.25) is 0 Å². The van der Waals surface area contributed by atoms with Gasteiger partial charge in [-0.1, -0.05) is 12.1 Å². The monoisotopic (exact) mass is 769 g/mol. The number of carboxylic acids is 2. The summed E-state index contributed by atoms with van der Waals surface area (Å²) >= 11 is 0. The Labute approximate surface area is 328 Å². The number of carbonyl (C=O) groups is 4. The van der Waals surface area contributed by atoms with Crippen LogP contribution in [0.3, 0.4) is 0 Å². The number of nitrogens with two attached hydrogens (primary N) is 2. The van der Waals surface area contributed by atoms with Gasteiger partial charge in [0.1, 0.15) is 0 Å². The molecule has 0 spiro atoms. The number of aliphatic carboxylic acids is 2. The summed E-state index contributed by atoms with van der Waals surface area (Å²) in [4.78, 5) is 45.1. The van der Waals surface area contributed by atoms with Crippen LogP contribution in [0.1, 0.15) is 61.6 Å². The summed E-state index contributed by atoms with van der Waals surface area (Å²) in [6.45, 7) is 3.71. The number of benzene rings is 4. The Morgan fingerprint density at radius 3 is 1.51 bits per heavy atom. The van der Waals surface area contributed by atoms with E-state index in [1.807, 2.05) is 65.4 Å². The number of hydrogen-bond acceptors (Lipinski definition) is 6. The molecule has 13 heteroatoms. The lowest BCUT2D eigenvalue weighted by Crippen LogP contribution is -2.12. The molecule has 0 unspecified atom stereocenters. The van der Waals surface area contributed by atoms with Gasteiger partial charge in [0.25, 0.3) is 0 Å². The van der Waals surface area contributed by atoms with Crippen LogP contribution in [-0.2, 0) is 22.4 Å². The van der Waals surface area contributed by atoms with Gasteiger partial charge in [-0.2, -0.15) is 5.26 Å². The molecule has 12 nitrogen and oxygen atoms in total. The Balaban J connectivity index is 0.000000218. The Bertz CT molecular complexity index is 2530. The third kappa shape index (κ3) is 9.44. The lowest BCUT2D eigenvalue weighted by Gasteiger charge is -2.17. The summed E-state index contributed by atoms with van der Waals surface area (Å²) in [6, 6.07) is 31.7. The predicted octanol–water partition coefficient (Wildman–Crippen LogP) is 7.16. The van der Waals surface area contributed by atoms with Gasteiger partial charge in [-0.25, -0.2) is 4.39 Å². The molecule has 6 rings (SSSR count). The van der Waals surface area contributed by atoms with Crippen LogP contribution in [-0.4, -0.2) is 50.2 Å². The van der Waals surface area contributed by atoms with E-state index < -0.39 is 29.6 Å². The van der Waals surface area contributed by atoms with Crippen LogP contribution < -0.4 is 16.2 Å². The Morgan fingerprint density at radius 2 is 1.12 bits per heavy atom. The molecular weight excluding hydrogens is 730 g/mol. The first-order valence-electron chi connectivity index (χ1n) is 17.7. The number of amides is 2.